The van der Waals surface area contributed by atoms with Crippen LogP contribution in [0.2, 0.25) is 0 Å². The Morgan fingerprint density at radius 1 is 1.39 bits per heavy atom. The molecule has 0 bridgehead atoms. The smallest absolute Gasteiger partial charge is 0.326 e. The summed E-state index contributed by atoms with van der Waals surface area (Å²) in [6.07, 6.45) is 4.34. The first-order chi connectivity index (χ1) is 8.77. The molecule has 4 heteroatoms. The van der Waals surface area contributed by atoms with Gasteiger partial charge >= 0.3 is 6.03 Å². The van der Waals surface area contributed by atoms with Crippen LogP contribution in [0.1, 0.15) is 30.1 Å². The van der Waals surface area contributed by atoms with Crippen molar-refractivity contribution >= 4 is 23.2 Å². The van der Waals surface area contributed by atoms with E-state index in [4.69, 9.17) is 0 Å². The van der Waals surface area contributed by atoms with Gasteiger partial charge in [-0.3, -0.25) is 9.36 Å². The predicted molar refractivity (Wildman–Crippen MR) is 71.0 cm³/mol. The predicted octanol–water partition coefficient (Wildman–Crippen LogP) is 2.81. The maximum absolute atomic E-state index is 12.0. The first kappa shape index (κ1) is 12.4. The average Bonchev–Trinajstić information content (AvgIpc) is 2.78. The second-order valence-electron chi connectivity index (χ2n) is 4.17. The van der Waals surface area contributed by atoms with Crippen molar-refractivity contribution in [2.75, 3.05) is 6.54 Å². The van der Waals surface area contributed by atoms with Crippen LogP contribution in [0, 0.1) is 0 Å². The molecule has 0 radical (unpaired) electrons. The number of unbranched alkanes of at least 4 members (excludes halogenated alkanes) is 1. The van der Waals surface area contributed by atoms with E-state index in [-0.39, 0.29) is 6.03 Å². The fourth-order valence-electron chi connectivity index (χ4n) is 1.93. The quantitative estimate of drug-likeness (QED) is 0.664. The molecule has 1 N–H and O–H groups in total. The van der Waals surface area contributed by atoms with E-state index >= 15 is 0 Å². The zero-order chi connectivity index (χ0) is 13.0. The molecule has 1 aromatic carbocycles. The van der Waals surface area contributed by atoms with E-state index in [0.717, 1.165) is 30.0 Å². The van der Waals surface area contributed by atoms with Crippen molar-refractivity contribution in [2.45, 2.75) is 19.8 Å². The number of benzene rings is 1. The summed E-state index contributed by atoms with van der Waals surface area (Å²) in [7, 11) is 0. The lowest BCUT2D eigenvalue weighted by molar-refractivity contribution is 0.112. The van der Waals surface area contributed by atoms with Crippen molar-refractivity contribution < 1.29 is 9.59 Å². The lowest BCUT2D eigenvalue weighted by Crippen LogP contribution is -2.28. The lowest BCUT2D eigenvalue weighted by atomic mass is 10.2. The number of fused-ring (bicyclic) bond motifs is 1. The van der Waals surface area contributed by atoms with Gasteiger partial charge in [-0.25, -0.2) is 4.79 Å². The van der Waals surface area contributed by atoms with Crippen molar-refractivity contribution in [1.82, 2.24) is 9.88 Å². The summed E-state index contributed by atoms with van der Waals surface area (Å²) in [5, 5.41) is 3.64. The molecule has 18 heavy (non-hydrogen) atoms. The van der Waals surface area contributed by atoms with Crippen LogP contribution in [0.5, 0.6) is 0 Å². The minimum atomic E-state index is -0.187. The number of nitrogens with one attached hydrogen (secondary N) is 1. The summed E-state index contributed by atoms with van der Waals surface area (Å²) in [6, 6.07) is 7.20. The van der Waals surface area contributed by atoms with E-state index in [1.807, 2.05) is 24.3 Å². The molecule has 0 atom stereocenters. The van der Waals surface area contributed by atoms with Crippen LogP contribution in [-0.2, 0) is 0 Å². The molecule has 2 rings (SSSR count). The van der Waals surface area contributed by atoms with Crippen LogP contribution in [0.3, 0.4) is 0 Å². The van der Waals surface area contributed by atoms with Crippen molar-refractivity contribution in [2.24, 2.45) is 0 Å². The fraction of sp³-hybridized carbons (Fsp3) is 0.286. The van der Waals surface area contributed by atoms with Gasteiger partial charge in [0.05, 0.1) is 5.52 Å². The van der Waals surface area contributed by atoms with Crippen LogP contribution in [-0.4, -0.2) is 23.4 Å². The highest BCUT2D eigenvalue weighted by molar-refractivity contribution is 6.02. The first-order valence-corrected chi connectivity index (χ1v) is 6.11. The third-order valence-corrected chi connectivity index (χ3v) is 2.90. The Morgan fingerprint density at radius 3 is 2.89 bits per heavy atom. The topological polar surface area (TPSA) is 51.1 Å². The minimum absolute atomic E-state index is 0.187. The SMILES string of the molecule is CCCCNC(=O)n1cc(C=O)c2ccccc21. The molecule has 0 unspecified atom stereocenters. The maximum atomic E-state index is 12.0. The molecule has 0 fully saturated rings. The Labute approximate surface area is 106 Å². The highest BCUT2D eigenvalue weighted by Gasteiger charge is 2.11. The summed E-state index contributed by atoms with van der Waals surface area (Å²) < 4.78 is 1.49. The van der Waals surface area contributed by atoms with Crippen LogP contribution in [0.4, 0.5) is 4.79 Å². The summed E-state index contributed by atoms with van der Waals surface area (Å²) in [5.74, 6) is 0. The average molecular weight is 244 g/mol. The largest absolute Gasteiger partial charge is 0.337 e. The Balaban J connectivity index is 2.33. The third kappa shape index (κ3) is 2.27. The second-order valence-corrected chi connectivity index (χ2v) is 4.17. The Hall–Kier alpha value is -2.10. The second kappa shape index (κ2) is 5.49. The number of aromatic nitrogens is 1. The van der Waals surface area contributed by atoms with Gasteiger partial charge in [-0.05, 0) is 12.5 Å². The van der Waals surface area contributed by atoms with Gasteiger partial charge in [-0.2, -0.15) is 0 Å². The number of amides is 1. The van der Waals surface area contributed by atoms with Crippen molar-refractivity contribution in [1.29, 1.82) is 0 Å². The summed E-state index contributed by atoms with van der Waals surface area (Å²) in [5.41, 5.74) is 1.30. The highest BCUT2D eigenvalue weighted by Crippen LogP contribution is 2.19. The van der Waals surface area contributed by atoms with Crippen LogP contribution in [0.15, 0.2) is 30.5 Å². The molecule has 0 saturated heterocycles. The van der Waals surface area contributed by atoms with Gasteiger partial charge in [0, 0.05) is 23.7 Å². The number of carbonyl (C=O) groups is 2. The number of carbonyl (C=O) groups excluding carboxylic acids is 2. The molecule has 4 nitrogen and oxygen atoms in total. The molecule has 94 valence electrons. The van der Waals surface area contributed by atoms with Crippen molar-refractivity contribution in [3.05, 3.63) is 36.0 Å². The Bertz CT molecular complexity index is 572. The van der Waals surface area contributed by atoms with Gasteiger partial charge in [-0.15, -0.1) is 0 Å². The molecule has 1 amide bonds. The van der Waals surface area contributed by atoms with Gasteiger partial charge < -0.3 is 5.32 Å². The van der Waals surface area contributed by atoms with Crippen LogP contribution < -0.4 is 5.32 Å². The molecule has 2 aromatic rings. The summed E-state index contributed by atoms with van der Waals surface area (Å²) in [6.45, 7) is 2.72. The van der Waals surface area contributed by atoms with Gasteiger partial charge in [0.25, 0.3) is 0 Å². The van der Waals surface area contributed by atoms with Crippen LogP contribution in [0.25, 0.3) is 10.9 Å². The van der Waals surface area contributed by atoms with Gasteiger partial charge in [0.1, 0.15) is 0 Å². The third-order valence-electron chi connectivity index (χ3n) is 2.90. The molecule has 1 aromatic heterocycles. The summed E-state index contributed by atoms with van der Waals surface area (Å²) in [4.78, 5) is 23.0. The standard InChI is InChI=1S/C14H16N2O2/c1-2-3-8-15-14(18)16-9-11(10-17)12-6-4-5-7-13(12)16/h4-7,9-10H,2-3,8H2,1H3,(H,15,18). The van der Waals surface area contributed by atoms with Crippen molar-refractivity contribution in [3.63, 3.8) is 0 Å². The van der Waals surface area contributed by atoms with E-state index in [1.165, 1.54) is 4.57 Å². The Kier molecular flexibility index (Phi) is 3.77. The maximum Gasteiger partial charge on any atom is 0.326 e. The molecule has 0 aliphatic rings. The zero-order valence-electron chi connectivity index (χ0n) is 10.3. The van der Waals surface area contributed by atoms with Gasteiger partial charge in [0.15, 0.2) is 6.29 Å². The molecule has 0 saturated carbocycles. The lowest BCUT2D eigenvalue weighted by Gasteiger charge is -2.05. The number of aldehydes is 1. The fourth-order valence-corrected chi connectivity index (χ4v) is 1.93. The molecular formula is C14H16N2O2. The molecular weight excluding hydrogens is 228 g/mol. The zero-order valence-corrected chi connectivity index (χ0v) is 10.3. The Morgan fingerprint density at radius 2 is 2.17 bits per heavy atom. The summed E-state index contributed by atoms with van der Waals surface area (Å²) >= 11 is 0. The van der Waals surface area contributed by atoms with E-state index in [0.29, 0.717) is 12.1 Å². The molecule has 0 spiro atoms. The molecule has 1 heterocycles. The number of rotatable bonds is 4. The van der Waals surface area contributed by atoms with Crippen molar-refractivity contribution in [3.8, 4) is 0 Å². The normalized spacial score (nSPS) is 10.5. The van der Waals surface area contributed by atoms with Gasteiger partial charge in [0.2, 0.25) is 0 Å². The monoisotopic (exact) mass is 244 g/mol. The molecule has 0 aliphatic heterocycles. The minimum Gasteiger partial charge on any atom is -0.337 e. The number of hydrogen-bond donors (Lipinski definition) is 1. The van der Waals surface area contributed by atoms with E-state index in [1.54, 1.807) is 6.20 Å². The van der Waals surface area contributed by atoms with E-state index < -0.39 is 0 Å². The number of nitrogens with zero attached hydrogens (tertiary/aromatic N) is 1. The number of para-hydroxylation sites is 1. The molecule has 0 aliphatic carbocycles. The van der Waals surface area contributed by atoms with E-state index in [9.17, 15) is 9.59 Å². The first-order valence-electron chi connectivity index (χ1n) is 6.11. The number of hydrogen-bond acceptors (Lipinski definition) is 2. The van der Waals surface area contributed by atoms with Crippen LogP contribution >= 0.6 is 0 Å². The van der Waals surface area contributed by atoms with Gasteiger partial charge in [-0.1, -0.05) is 31.5 Å². The van der Waals surface area contributed by atoms with E-state index in [2.05, 4.69) is 12.2 Å². The highest BCUT2D eigenvalue weighted by atomic mass is 16.2.